The van der Waals surface area contributed by atoms with Crippen LogP contribution in [0.1, 0.15) is 38.9 Å². The van der Waals surface area contributed by atoms with E-state index in [9.17, 15) is 0 Å². The summed E-state index contributed by atoms with van der Waals surface area (Å²) < 4.78 is 16.5. The molecule has 0 amide bonds. The molecule has 1 saturated heterocycles. The van der Waals surface area contributed by atoms with Gasteiger partial charge in [0.1, 0.15) is 5.76 Å². The van der Waals surface area contributed by atoms with Gasteiger partial charge in [-0.3, -0.25) is 4.99 Å². The maximum atomic E-state index is 5.81. The van der Waals surface area contributed by atoms with Gasteiger partial charge in [0.25, 0.3) is 0 Å². The minimum atomic E-state index is -0.124. The van der Waals surface area contributed by atoms with Gasteiger partial charge in [-0.2, -0.15) is 0 Å². The number of aliphatic imine (C=N–C) groups is 1. The van der Waals surface area contributed by atoms with Gasteiger partial charge in [-0.1, -0.05) is 0 Å². The Morgan fingerprint density at radius 2 is 2.25 bits per heavy atom. The van der Waals surface area contributed by atoms with Crippen molar-refractivity contribution in [1.29, 1.82) is 0 Å². The third kappa shape index (κ3) is 6.93. The van der Waals surface area contributed by atoms with E-state index in [0.29, 0.717) is 6.54 Å². The van der Waals surface area contributed by atoms with E-state index in [0.717, 1.165) is 70.3 Å². The molecule has 1 unspecified atom stereocenters. The van der Waals surface area contributed by atoms with Crippen molar-refractivity contribution in [2.24, 2.45) is 4.99 Å². The van der Waals surface area contributed by atoms with Crippen LogP contribution in [0.5, 0.6) is 0 Å². The molecule has 1 atom stereocenters. The van der Waals surface area contributed by atoms with Crippen LogP contribution in [0.2, 0.25) is 0 Å². The van der Waals surface area contributed by atoms with Gasteiger partial charge in [-0.15, -0.1) is 0 Å². The molecule has 0 saturated carbocycles. The van der Waals surface area contributed by atoms with Gasteiger partial charge in [0.2, 0.25) is 0 Å². The lowest BCUT2D eigenvalue weighted by Crippen LogP contribution is -2.40. The molecule has 2 heterocycles. The average molecular weight is 337 g/mol. The number of guanidine groups is 1. The molecule has 1 aliphatic heterocycles. The van der Waals surface area contributed by atoms with Gasteiger partial charge in [0.05, 0.1) is 18.4 Å². The fraction of sp³-hybridized carbons (Fsp3) is 0.722. The van der Waals surface area contributed by atoms with Gasteiger partial charge in [-0.05, 0) is 45.2 Å². The van der Waals surface area contributed by atoms with Crippen LogP contribution in [0, 0.1) is 0 Å². The van der Waals surface area contributed by atoms with E-state index in [-0.39, 0.29) is 5.60 Å². The SMILES string of the molecule is CCOCCCNC(=NCC1(C)CCCO1)NCCc1ccco1. The van der Waals surface area contributed by atoms with Gasteiger partial charge >= 0.3 is 0 Å². The molecule has 6 nitrogen and oxygen atoms in total. The number of ether oxygens (including phenoxy) is 2. The van der Waals surface area contributed by atoms with E-state index in [2.05, 4.69) is 17.6 Å². The molecule has 0 bridgehead atoms. The number of rotatable bonds is 10. The Bertz CT molecular complexity index is 468. The first kappa shape index (κ1) is 18.8. The van der Waals surface area contributed by atoms with Crippen molar-refractivity contribution >= 4 is 5.96 Å². The van der Waals surface area contributed by atoms with Gasteiger partial charge < -0.3 is 24.5 Å². The Morgan fingerprint density at radius 3 is 2.96 bits per heavy atom. The van der Waals surface area contributed by atoms with Crippen LogP contribution in [0.3, 0.4) is 0 Å². The fourth-order valence-corrected chi connectivity index (χ4v) is 2.67. The molecule has 136 valence electrons. The highest BCUT2D eigenvalue weighted by Gasteiger charge is 2.29. The lowest BCUT2D eigenvalue weighted by molar-refractivity contribution is 0.0283. The number of nitrogens with one attached hydrogen (secondary N) is 2. The Labute approximate surface area is 145 Å². The normalized spacial score (nSPS) is 21.2. The van der Waals surface area contributed by atoms with Crippen molar-refractivity contribution in [1.82, 2.24) is 10.6 Å². The molecule has 2 N–H and O–H groups in total. The lowest BCUT2D eigenvalue weighted by atomic mass is 10.0. The predicted octanol–water partition coefficient (Wildman–Crippen LogP) is 2.35. The summed E-state index contributed by atoms with van der Waals surface area (Å²) in [5.41, 5.74) is -0.124. The molecule has 24 heavy (non-hydrogen) atoms. The van der Waals surface area contributed by atoms with Crippen molar-refractivity contribution in [3.63, 3.8) is 0 Å². The summed E-state index contributed by atoms with van der Waals surface area (Å²) in [6.45, 7) is 8.82. The minimum Gasteiger partial charge on any atom is -0.469 e. The van der Waals surface area contributed by atoms with Crippen LogP contribution in [0.15, 0.2) is 27.8 Å². The Hall–Kier alpha value is -1.53. The predicted molar refractivity (Wildman–Crippen MR) is 95.4 cm³/mol. The monoisotopic (exact) mass is 337 g/mol. The summed E-state index contributed by atoms with van der Waals surface area (Å²) in [5, 5.41) is 6.75. The molecular formula is C18H31N3O3. The number of hydrogen-bond donors (Lipinski definition) is 2. The summed E-state index contributed by atoms with van der Waals surface area (Å²) in [4.78, 5) is 4.71. The van der Waals surface area contributed by atoms with Crippen molar-refractivity contribution in [3.8, 4) is 0 Å². The van der Waals surface area contributed by atoms with E-state index < -0.39 is 0 Å². The molecule has 0 aromatic carbocycles. The largest absolute Gasteiger partial charge is 0.469 e. The molecule has 2 rings (SSSR count). The summed E-state index contributed by atoms with van der Waals surface area (Å²) >= 11 is 0. The first-order valence-corrected chi connectivity index (χ1v) is 8.98. The van der Waals surface area contributed by atoms with Crippen LogP contribution in [-0.2, 0) is 15.9 Å². The summed E-state index contributed by atoms with van der Waals surface area (Å²) in [7, 11) is 0. The van der Waals surface area contributed by atoms with Crippen LogP contribution >= 0.6 is 0 Å². The first-order chi connectivity index (χ1) is 11.7. The second kappa shape index (κ2) is 10.4. The highest BCUT2D eigenvalue weighted by Crippen LogP contribution is 2.24. The van der Waals surface area contributed by atoms with Crippen molar-refractivity contribution in [3.05, 3.63) is 24.2 Å². The standard InChI is InChI=1S/C18H31N3O3/c1-3-22-12-6-10-19-17(20-11-8-16-7-4-13-23-16)21-15-18(2)9-5-14-24-18/h4,7,13H,3,5-6,8-12,14-15H2,1-2H3,(H2,19,20,21). The first-order valence-electron chi connectivity index (χ1n) is 8.98. The van der Waals surface area contributed by atoms with Crippen LogP contribution in [0.4, 0.5) is 0 Å². The minimum absolute atomic E-state index is 0.124. The second-order valence-corrected chi connectivity index (χ2v) is 6.30. The maximum Gasteiger partial charge on any atom is 0.191 e. The summed E-state index contributed by atoms with van der Waals surface area (Å²) in [5.74, 6) is 1.80. The molecule has 0 radical (unpaired) electrons. The zero-order valence-electron chi connectivity index (χ0n) is 15.0. The van der Waals surface area contributed by atoms with Crippen molar-refractivity contribution in [2.75, 3.05) is 39.5 Å². The summed E-state index contributed by atoms with van der Waals surface area (Å²) in [6.07, 6.45) is 5.69. The van der Waals surface area contributed by atoms with E-state index in [4.69, 9.17) is 18.9 Å². The second-order valence-electron chi connectivity index (χ2n) is 6.30. The Kier molecular flexibility index (Phi) is 8.12. The van der Waals surface area contributed by atoms with E-state index in [1.165, 1.54) is 0 Å². The van der Waals surface area contributed by atoms with Gasteiger partial charge in [0, 0.05) is 39.3 Å². The summed E-state index contributed by atoms with van der Waals surface area (Å²) in [6, 6.07) is 3.90. The fourth-order valence-electron chi connectivity index (χ4n) is 2.67. The Balaban J connectivity index is 1.77. The number of hydrogen-bond acceptors (Lipinski definition) is 4. The Morgan fingerprint density at radius 1 is 1.38 bits per heavy atom. The zero-order valence-corrected chi connectivity index (χ0v) is 15.0. The van der Waals surface area contributed by atoms with Crippen molar-refractivity contribution in [2.45, 2.75) is 45.1 Å². The molecular weight excluding hydrogens is 306 g/mol. The molecule has 0 aliphatic carbocycles. The third-order valence-electron chi connectivity index (χ3n) is 4.08. The van der Waals surface area contributed by atoms with E-state index in [1.54, 1.807) is 6.26 Å². The van der Waals surface area contributed by atoms with Crippen molar-refractivity contribution < 1.29 is 13.9 Å². The molecule has 1 fully saturated rings. The lowest BCUT2D eigenvalue weighted by Gasteiger charge is -2.21. The highest BCUT2D eigenvalue weighted by atomic mass is 16.5. The van der Waals surface area contributed by atoms with E-state index >= 15 is 0 Å². The smallest absolute Gasteiger partial charge is 0.191 e. The quantitative estimate of drug-likeness (QED) is 0.390. The van der Waals surface area contributed by atoms with Gasteiger partial charge in [0.15, 0.2) is 5.96 Å². The maximum absolute atomic E-state index is 5.81. The number of furan rings is 1. The third-order valence-corrected chi connectivity index (χ3v) is 4.08. The number of nitrogens with zero attached hydrogens (tertiary/aromatic N) is 1. The van der Waals surface area contributed by atoms with E-state index in [1.807, 2.05) is 19.1 Å². The molecule has 1 aromatic rings. The molecule has 1 aromatic heterocycles. The van der Waals surface area contributed by atoms with Crippen LogP contribution in [0.25, 0.3) is 0 Å². The van der Waals surface area contributed by atoms with Crippen LogP contribution in [-0.4, -0.2) is 51.0 Å². The topological polar surface area (TPSA) is 68.0 Å². The molecule has 1 aliphatic rings. The van der Waals surface area contributed by atoms with Crippen LogP contribution < -0.4 is 10.6 Å². The molecule has 6 heteroatoms. The van der Waals surface area contributed by atoms with Gasteiger partial charge in [-0.25, -0.2) is 0 Å². The molecule has 0 spiro atoms. The average Bonchev–Trinajstić information content (AvgIpc) is 3.24. The highest BCUT2D eigenvalue weighted by molar-refractivity contribution is 5.79. The zero-order chi connectivity index (χ0) is 17.1.